The van der Waals surface area contributed by atoms with E-state index in [1.165, 1.54) is 0 Å². The van der Waals surface area contributed by atoms with Gasteiger partial charge in [-0.2, -0.15) is 0 Å². The molecular weight excluding hydrogens is 342 g/mol. The Morgan fingerprint density at radius 2 is 1.93 bits per heavy atom. The van der Waals surface area contributed by atoms with E-state index >= 15 is 0 Å². The fourth-order valence-corrected chi connectivity index (χ4v) is 3.00. The molecule has 1 aliphatic heterocycles. The maximum Gasteiger partial charge on any atom is 0.272 e. The van der Waals surface area contributed by atoms with E-state index in [0.717, 1.165) is 38.4 Å². The van der Waals surface area contributed by atoms with Crippen molar-refractivity contribution in [3.63, 3.8) is 0 Å². The van der Waals surface area contributed by atoms with Gasteiger partial charge in [-0.05, 0) is 45.3 Å². The van der Waals surface area contributed by atoms with Crippen LogP contribution in [-0.2, 0) is 0 Å². The van der Waals surface area contributed by atoms with Crippen molar-refractivity contribution >= 4 is 17.7 Å². The van der Waals surface area contributed by atoms with Gasteiger partial charge in [0.25, 0.3) is 5.91 Å². The monoisotopic (exact) mass is 369 g/mol. The summed E-state index contributed by atoms with van der Waals surface area (Å²) >= 11 is 0. The van der Waals surface area contributed by atoms with Gasteiger partial charge < -0.3 is 20.0 Å². The summed E-state index contributed by atoms with van der Waals surface area (Å²) in [5.41, 5.74) is 0.436. The number of piperazine rings is 1. The van der Waals surface area contributed by atoms with Gasteiger partial charge in [-0.25, -0.2) is 15.0 Å². The Morgan fingerprint density at radius 1 is 1.11 bits per heavy atom. The van der Waals surface area contributed by atoms with Gasteiger partial charge in [0.1, 0.15) is 11.5 Å². The van der Waals surface area contributed by atoms with Crippen LogP contribution in [-0.4, -0.2) is 84.0 Å². The third-order valence-corrected chi connectivity index (χ3v) is 4.48. The van der Waals surface area contributed by atoms with E-state index in [1.54, 1.807) is 18.5 Å². The largest absolute Gasteiger partial charge is 0.354 e. The van der Waals surface area contributed by atoms with Gasteiger partial charge in [0.05, 0.1) is 0 Å². The van der Waals surface area contributed by atoms with Crippen molar-refractivity contribution < 1.29 is 4.79 Å². The van der Waals surface area contributed by atoms with Crippen LogP contribution >= 0.6 is 0 Å². The lowest BCUT2D eigenvalue weighted by Crippen LogP contribution is -2.49. The second-order valence-electron chi connectivity index (χ2n) is 6.82. The fourth-order valence-electron chi connectivity index (χ4n) is 3.00. The molecule has 1 saturated heterocycles. The first kappa shape index (κ1) is 19.0. The van der Waals surface area contributed by atoms with Crippen LogP contribution in [0.3, 0.4) is 0 Å². The third-order valence-electron chi connectivity index (χ3n) is 4.48. The van der Waals surface area contributed by atoms with Crippen LogP contribution in [0.1, 0.15) is 16.9 Å². The quantitative estimate of drug-likeness (QED) is 0.735. The molecule has 0 aromatic carbocycles. The van der Waals surface area contributed by atoms with Gasteiger partial charge in [-0.15, -0.1) is 0 Å². The molecule has 0 spiro atoms. The molecule has 2 aromatic rings. The maximum absolute atomic E-state index is 12.8. The van der Waals surface area contributed by atoms with Crippen LogP contribution in [0.2, 0.25) is 0 Å². The average molecular weight is 369 g/mol. The highest BCUT2D eigenvalue weighted by Gasteiger charge is 2.23. The molecule has 1 N–H and O–H groups in total. The van der Waals surface area contributed by atoms with Crippen LogP contribution in [0.5, 0.6) is 0 Å². The molecule has 1 fully saturated rings. The van der Waals surface area contributed by atoms with Crippen molar-refractivity contribution in [2.75, 3.05) is 63.6 Å². The van der Waals surface area contributed by atoms with Crippen LogP contribution in [0, 0.1) is 0 Å². The first-order chi connectivity index (χ1) is 13.1. The Morgan fingerprint density at radius 3 is 2.63 bits per heavy atom. The Hall–Kier alpha value is -2.74. The molecule has 3 heterocycles. The van der Waals surface area contributed by atoms with Gasteiger partial charge in [-0.3, -0.25) is 4.79 Å². The van der Waals surface area contributed by atoms with Crippen molar-refractivity contribution in [2.24, 2.45) is 0 Å². The molecule has 0 unspecified atom stereocenters. The van der Waals surface area contributed by atoms with Crippen LogP contribution < -0.4 is 10.2 Å². The highest BCUT2D eigenvalue weighted by Crippen LogP contribution is 2.14. The minimum atomic E-state index is -0.0468. The maximum atomic E-state index is 12.8. The molecule has 144 valence electrons. The number of carbonyl (C=O) groups excluding carboxylic acids is 1. The summed E-state index contributed by atoms with van der Waals surface area (Å²) in [4.78, 5) is 31.9. The zero-order valence-electron chi connectivity index (χ0n) is 16.0. The number of pyridine rings is 1. The van der Waals surface area contributed by atoms with E-state index in [0.29, 0.717) is 24.7 Å². The lowest BCUT2D eigenvalue weighted by Gasteiger charge is -2.35. The number of rotatable bonds is 7. The summed E-state index contributed by atoms with van der Waals surface area (Å²) in [6.07, 6.45) is 4.42. The summed E-state index contributed by atoms with van der Waals surface area (Å²) in [5, 5.41) is 3.19. The minimum absolute atomic E-state index is 0.0468. The zero-order chi connectivity index (χ0) is 19.1. The normalized spacial score (nSPS) is 14.5. The Kier molecular flexibility index (Phi) is 6.54. The lowest BCUT2D eigenvalue weighted by atomic mass is 10.2. The molecular formula is C19H27N7O. The number of hydrogen-bond acceptors (Lipinski definition) is 7. The number of aromatic nitrogens is 3. The Balaban J connectivity index is 1.53. The number of nitrogens with one attached hydrogen (secondary N) is 1. The van der Waals surface area contributed by atoms with Crippen molar-refractivity contribution in [3.8, 4) is 0 Å². The molecule has 0 aliphatic carbocycles. The lowest BCUT2D eigenvalue weighted by molar-refractivity contribution is 0.0740. The van der Waals surface area contributed by atoms with Crippen molar-refractivity contribution in [2.45, 2.75) is 6.42 Å². The molecule has 0 radical (unpaired) electrons. The summed E-state index contributed by atoms with van der Waals surface area (Å²) in [7, 11) is 4.09. The standard InChI is InChI=1S/C19H27N7O/c1-24(2)11-5-9-21-19-22-10-7-16(23-19)18(27)26-14-12-25(13-15-26)17-6-3-4-8-20-17/h3-4,6-8,10H,5,9,11-15H2,1-2H3,(H,21,22,23). The molecule has 1 aliphatic rings. The molecule has 1 amide bonds. The van der Waals surface area contributed by atoms with E-state index in [9.17, 15) is 4.79 Å². The van der Waals surface area contributed by atoms with Gasteiger partial charge in [0, 0.05) is 45.1 Å². The van der Waals surface area contributed by atoms with Crippen LogP contribution in [0.15, 0.2) is 36.7 Å². The average Bonchev–Trinajstić information content (AvgIpc) is 2.71. The molecule has 0 bridgehead atoms. The molecule has 0 saturated carbocycles. The van der Waals surface area contributed by atoms with Crippen molar-refractivity contribution in [1.29, 1.82) is 0 Å². The molecule has 8 heteroatoms. The van der Waals surface area contributed by atoms with E-state index in [-0.39, 0.29) is 5.91 Å². The van der Waals surface area contributed by atoms with Crippen molar-refractivity contribution in [1.82, 2.24) is 24.8 Å². The van der Waals surface area contributed by atoms with E-state index in [2.05, 4.69) is 30.1 Å². The second-order valence-corrected chi connectivity index (χ2v) is 6.82. The zero-order valence-corrected chi connectivity index (χ0v) is 16.0. The molecule has 3 rings (SSSR count). The molecule has 8 nitrogen and oxygen atoms in total. The Bertz CT molecular complexity index is 730. The number of anilines is 2. The van der Waals surface area contributed by atoms with Crippen LogP contribution in [0.25, 0.3) is 0 Å². The predicted octanol–water partition coefficient (Wildman–Crippen LogP) is 1.20. The van der Waals surface area contributed by atoms with Crippen molar-refractivity contribution in [3.05, 3.63) is 42.4 Å². The Labute approximate surface area is 160 Å². The summed E-state index contributed by atoms with van der Waals surface area (Å²) in [6.45, 7) is 4.62. The third kappa shape index (κ3) is 5.37. The van der Waals surface area contributed by atoms with Crippen LogP contribution in [0.4, 0.5) is 11.8 Å². The molecule has 2 aromatic heterocycles. The first-order valence-electron chi connectivity index (χ1n) is 9.30. The number of carbonyl (C=O) groups is 1. The summed E-state index contributed by atoms with van der Waals surface area (Å²) < 4.78 is 0. The summed E-state index contributed by atoms with van der Waals surface area (Å²) in [6, 6.07) is 7.56. The highest BCUT2D eigenvalue weighted by atomic mass is 16.2. The highest BCUT2D eigenvalue weighted by molar-refractivity contribution is 5.92. The van der Waals surface area contributed by atoms with Gasteiger partial charge in [-0.1, -0.05) is 6.07 Å². The van der Waals surface area contributed by atoms with E-state index in [1.807, 2.05) is 37.2 Å². The van der Waals surface area contributed by atoms with Gasteiger partial charge in [0.2, 0.25) is 5.95 Å². The second kappa shape index (κ2) is 9.27. The fraction of sp³-hybridized carbons (Fsp3) is 0.474. The van der Waals surface area contributed by atoms with Gasteiger partial charge >= 0.3 is 0 Å². The molecule has 0 atom stereocenters. The SMILES string of the molecule is CN(C)CCCNc1nccc(C(=O)N2CCN(c3ccccn3)CC2)n1. The van der Waals surface area contributed by atoms with E-state index < -0.39 is 0 Å². The predicted molar refractivity (Wildman–Crippen MR) is 106 cm³/mol. The number of nitrogens with zero attached hydrogens (tertiary/aromatic N) is 6. The summed E-state index contributed by atoms with van der Waals surface area (Å²) in [5.74, 6) is 1.41. The minimum Gasteiger partial charge on any atom is -0.354 e. The molecule has 27 heavy (non-hydrogen) atoms. The van der Waals surface area contributed by atoms with E-state index in [4.69, 9.17) is 0 Å². The number of hydrogen-bond donors (Lipinski definition) is 1. The van der Waals surface area contributed by atoms with Gasteiger partial charge in [0.15, 0.2) is 0 Å². The topological polar surface area (TPSA) is 77.5 Å². The number of amides is 1. The smallest absolute Gasteiger partial charge is 0.272 e. The first-order valence-corrected chi connectivity index (χ1v) is 9.30.